The zero-order valence-electron chi connectivity index (χ0n) is 11.0. The fourth-order valence-corrected chi connectivity index (χ4v) is 1.65. The predicted octanol–water partition coefficient (Wildman–Crippen LogP) is 0.879. The van der Waals surface area contributed by atoms with Crippen molar-refractivity contribution in [2.75, 3.05) is 30.4 Å². The summed E-state index contributed by atoms with van der Waals surface area (Å²) in [6, 6.07) is 5.85. The molecular weight excluding hydrogens is 240 g/mol. The zero-order chi connectivity index (χ0) is 13.5. The highest BCUT2D eigenvalue weighted by Crippen LogP contribution is 2.12. The molecule has 0 amide bonds. The monoisotopic (exact) mass is 258 g/mol. The molecule has 0 unspecified atom stereocenters. The van der Waals surface area contributed by atoms with E-state index in [2.05, 4.69) is 20.3 Å². The van der Waals surface area contributed by atoms with Gasteiger partial charge in [-0.2, -0.15) is 0 Å². The summed E-state index contributed by atoms with van der Waals surface area (Å²) in [7, 11) is 1.96. The lowest BCUT2D eigenvalue weighted by atomic mass is 10.3. The van der Waals surface area contributed by atoms with E-state index in [0.29, 0.717) is 13.1 Å². The summed E-state index contributed by atoms with van der Waals surface area (Å²) in [5.41, 5.74) is 6.69. The second-order valence-electron chi connectivity index (χ2n) is 4.18. The van der Waals surface area contributed by atoms with Gasteiger partial charge in [0.15, 0.2) is 0 Å². The maximum absolute atomic E-state index is 5.53. The molecule has 2 heterocycles. The van der Waals surface area contributed by atoms with Crippen LogP contribution in [0.15, 0.2) is 36.9 Å². The molecular formula is C13H18N6. The molecule has 0 atom stereocenters. The second kappa shape index (κ2) is 6.65. The molecule has 100 valence electrons. The summed E-state index contributed by atoms with van der Waals surface area (Å²) in [6.07, 6.45) is 5.10. The Kier molecular flexibility index (Phi) is 4.63. The van der Waals surface area contributed by atoms with Crippen LogP contribution in [0.2, 0.25) is 0 Å². The molecule has 0 aliphatic carbocycles. The summed E-state index contributed by atoms with van der Waals surface area (Å²) in [4.78, 5) is 14.4. The Morgan fingerprint density at radius 3 is 2.79 bits per heavy atom. The molecule has 6 nitrogen and oxygen atoms in total. The van der Waals surface area contributed by atoms with Crippen molar-refractivity contribution in [3.63, 3.8) is 0 Å². The van der Waals surface area contributed by atoms with Crippen molar-refractivity contribution in [3.8, 4) is 0 Å². The van der Waals surface area contributed by atoms with Crippen molar-refractivity contribution in [1.82, 2.24) is 15.0 Å². The number of likely N-dealkylation sites (N-methyl/N-ethyl adjacent to an activating group) is 1. The van der Waals surface area contributed by atoms with E-state index in [1.54, 1.807) is 18.7 Å². The Balaban J connectivity index is 1.99. The van der Waals surface area contributed by atoms with Crippen LogP contribution in [0.4, 0.5) is 11.6 Å². The van der Waals surface area contributed by atoms with Crippen LogP contribution in [0.5, 0.6) is 0 Å². The maximum atomic E-state index is 5.53. The van der Waals surface area contributed by atoms with E-state index in [0.717, 1.165) is 23.7 Å². The van der Waals surface area contributed by atoms with Crippen molar-refractivity contribution >= 4 is 11.6 Å². The van der Waals surface area contributed by atoms with Crippen LogP contribution < -0.4 is 16.0 Å². The largest absolute Gasteiger partial charge is 0.366 e. The first-order valence-electron chi connectivity index (χ1n) is 6.15. The van der Waals surface area contributed by atoms with Gasteiger partial charge in [0.25, 0.3) is 0 Å². The van der Waals surface area contributed by atoms with E-state index in [9.17, 15) is 0 Å². The minimum atomic E-state index is 0.598. The lowest BCUT2D eigenvalue weighted by Gasteiger charge is -2.17. The number of nitrogens with zero attached hydrogens (tertiary/aromatic N) is 4. The van der Waals surface area contributed by atoms with Gasteiger partial charge in [-0.3, -0.25) is 4.98 Å². The van der Waals surface area contributed by atoms with E-state index in [1.807, 2.05) is 30.1 Å². The smallest absolute Gasteiger partial charge is 0.133 e. The molecule has 0 radical (unpaired) electrons. The average Bonchev–Trinajstić information content (AvgIpc) is 2.47. The van der Waals surface area contributed by atoms with E-state index in [4.69, 9.17) is 5.73 Å². The van der Waals surface area contributed by atoms with Gasteiger partial charge >= 0.3 is 0 Å². The topological polar surface area (TPSA) is 80.0 Å². The van der Waals surface area contributed by atoms with Gasteiger partial charge < -0.3 is 16.0 Å². The van der Waals surface area contributed by atoms with Crippen LogP contribution in [-0.4, -0.2) is 35.1 Å². The van der Waals surface area contributed by atoms with Gasteiger partial charge in [0, 0.05) is 45.1 Å². The van der Waals surface area contributed by atoms with Crippen molar-refractivity contribution in [1.29, 1.82) is 0 Å². The zero-order valence-corrected chi connectivity index (χ0v) is 11.0. The highest BCUT2D eigenvalue weighted by Gasteiger charge is 2.03. The molecule has 6 heteroatoms. The van der Waals surface area contributed by atoms with Gasteiger partial charge in [0.05, 0.1) is 0 Å². The molecule has 2 aromatic rings. The summed E-state index contributed by atoms with van der Waals surface area (Å²) < 4.78 is 0. The van der Waals surface area contributed by atoms with Crippen LogP contribution in [0.1, 0.15) is 5.56 Å². The Hall–Kier alpha value is -2.21. The molecule has 0 aliphatic heterocycles. The SMILES string of the molecule is CN(CCN)c1cc(NCc2ccncc2)ncn1. The van der Waals surface area contributed by atoms with Crippen molar-refractivity contribution in [2.24, 2.45) is 5.73 Å². The van der Waals surface area contributed by atoms with Crippen LogP contribution in [0.3, 0.4) is 0 Å². The van der Waals surface area contributed by atoms with E-state index < -0.39 is 0 Å². The molecule has 0 bridgehead atoms. The third-order valence-electron chi connectivity index (χ3n) is 2.73. The summed E-state index contributed by atoms with van der Waals surface area (Å²) in [6.45, 7) is 2.07. The van der Waals surface area contributed by atoms with Crippen molar-refractivity contribution in [3.05, 3.63) is 42.5 Å². The quantitative estimate of drug-likeness (QED) is 0.800. The normalized spacial score (nSPS) is 10.2. The number of nitrogens with one attached hydrogen (secondary N) is 1. The van der Waals surface area contributed by atoms with Gasteiger partial charge in [-0.25, -0.2) is 9.97 Å². The van der Waals surface area contributed by atoms with Crippen LogP contribution in [-0.2, 0) is 6.54 Å². The number of hydrogen-bond acceptors (Lipinski definition) is 6. The Morgan fingerprint density at radius 1 is 1.26 bits per heavy atom. The Morgan fingerprint density at radius 2 is 2.05 bits per heavy atom. The summed E-state index contributed by atoms with van der Waals surface area (Å²) >= 11 is 0. The summed E-state index contributed by atoms with van der Waals surface area (Å²) in [5.74, 6) is 1.66. The lowest BCUT2D eigenvalue weighted by Crippen LogP contribution is -2.25. The van der Waals surface area contributed by atoms with Gasteiger partial charge in [-0.05, 0) is 17.7 Å². The van der Waals surface area contributed by atoms with Crippen molar-refractivity contribution in [2.45, 2.75) is 6.54 Å². The molecule has 0 spiro atoms. The maximum Gasteiger partial charge on any atom is 0.133 e. The fraction of sp³-hybridized carbons (Fsp3) is 0.308. The molecule has 2 rings (SSSR count). The predicted molar refractivity (Wildman–Crippen MR) is 75.9 cm³/mol. The highest BCUT2D eigenvalue weighted by molar-refractivity contribution is 5.48. The molecule has 0 aromatic carbocycles. The van der Waals surface area contributed by atoms with Crippen LogP contribution >= 0.6 is 0 Å². The highest BCUT2D eigenvalue weighted by atomic mass is 15.2. The molecule has 0 saturated carbocycles. The number of anilines is 2. The number of rotatable bonds is 6. The van der Waals surface area contributed by atoms with Gasteiger partial charge in [0.1, 0.15) is 18.0 Å². The van der Waals surface area contributed by atoms with Gasteiger partial charge in [0.2, 0.25) is 0 Å². The van der Waals surface area contributed by atoms with Crippen molar-refractivity contribution < 1.29 is 0 Å². The molecule has 0 saturated heterocycles. The van der Waals surface area contributed by atoms with Crippen LogP contribution in [0, 0.1) is 0 Å². The standard InChI is InChI=1S/C13H18N6/c1-19(7-4-14)13-8-12(17-10-18-13)16-9-11-2-5-15-6-3-11/h2-3,5-6,8,10H,4,7,9,14H2,1H3,(H,16,17,18). The number of nitrogens with two attached hydrogens (primary N) is 1. The van der Waals surface area contributed by atoms with Gasteiger partial charge in [-0.1, -0.05) is 0 Å². The molecule has 2 aromatic heterocycles. The van der Waals surface area contributed by atoms with E-state index in [-0.39, 0.29) is 0 Å². The minimum Gasteiger partial charge on any atom is -0.366 e. The molecule has 0 aliphatic rings. The Bertz CT molecular complexity index is 501. The van der Waals surface area contributed by atoms with Crippen LogP contribution in [0.25, 0.3) is 0 Å². The minimum absolute atomic E-state index is 0.598. The first-order valence-corrected chi connectivity index (χ1v) is 6.15. The molecule has 0 fully saturated rings. The Labute approximate surface area is 112 Å². The van der Waals surface area contributed by atoms with E-state index in [1.165, 1.54) is 0 Å². The molecule has 19 heavy (non-hydrogen) atoms. The first kappa shape index (κ1) is 13.2. The second-order valence-corrected chi connectivity index (χ2v) is 4.18. The number of pyridine rings is 1. The summed E-state index contributed by atoms with van der Waals surface area (Å²) in [5, 5.41) is 3.26. The number of hydrogen-bond donors (Lipinski definition) is 2. The average molecular weight is 258 g/mol. The van der Waals surface area contributed by atoms with E-state index >= 15 is 0 Å². The molecule has 3 N–H and O–H groups in total. The first-order chi connectivity index (χ1) is 9.29. The third-order valence-corrected chi connectivity index (χ3v) is 2.73. The number of aromatic nitrogens is 3. The fourth-order valence-electron chi connectivity index (χ4n) is 1.65. The third kappa shape index (κ3) is 3.89. The lowest BCUT2D eigenvalue weighted by molar-refractivity contribution is 0.863. The van der Waals surface area contributed by atoms with Gasteiger partial charge in [-0.15, -0.1) is 0 Å².